The Morgan fingerprint density at radius 3 is 2.32 bits per heavy atom. The summed E-state index contributed by atoms with van der Waals surface area (Å²) in [6.45, 7) is 6.57. The molecule has 0 aromatic heterocycles. The standard InChI is InChI=1S/C16H21F3/c1-11-7-14(8-11)15(2,3)10-12-5-4-6-13(9-12)16(17,18)19/h4-6,9,11,14H,7-8,10H2,1-3H3. The minimum Gasteiger partial charge on any atom is -0.166 e. The molecular weight excluding hydrogens is 249 g/mol. The normalized spacial score (nSPS) is 24.1. The molecule has 1 aliphatic carbocycles. The van der Waals surface area contributed by atoms with E-state index in [4.69, 9.17) is 0 Å². The second-order valence-corrected chi connectivity index (χ2v) is 6.64. The maximum atomic E-state index is 12.7. The van der Waals surface area contributed by atoms with Crippen LogP contribution in [0.2, 0.25) is 0 Å². The van der Waals surface area contributed by atoms with Gasteiger partial charge in [-0.3, -0.25) is 0 Å². The van der Waals surface area contributed by atoms with Gasteiger partial charge in [0.25, 0.3) is 0 Å². The maximum absolute atomic E-state index is 12.7. The molecule has 2 rings (SSSR count). The topological polar surface area (TPSA) is 0 Å². The lowest BCUT2D eigenvalue weighted by molar-refractivity contribution is -0.137. The van der Waals surface area contributed by atoms with Gasteiger partial charge < -0.3 is 0 Å². The van der Waals surface area contributed by atoms with Crippen LogP contribution in [-0.2, 0) is 12.6 Å². The highest BCUT2D eigenvalue weighted by Gasteiger charge is 2.38. The van der Waals surface area contributed by atoms with Crippen LogP contribution < -0.4 is 0 Å². The summed E-state index contributed by atoms with van der Waals surface area (Å²) < 4.78 is 38.1. The number of alkyl halides is 3. The molecule has 0 radical (unpaired) electrons. The summed E-state index contributed by atoms with van der Waals surface area (Å²) in [6.07, 6.45) is -1.13. The Morgan fingerprint density at radius 2 is 1.79 bits per heavy atom. The molecule has 1 aliphatic rings. The summed E-state index contributed by atoms with van der Waals surface area (Å²) in [6, 6.07) is 5.75. The zero-order valence-electron chi connectivity index (χ0n) is 11.7. The molecule has 0 unspecified atom stereocenters. The molecule has 0 heterocycles. The molecule has 1 aromatic carbocycles. The Kier molecular flexibility index (Phi) is 3.67. The van der Waals surface area contributed by atoms with E-state index in [-0.39, 0.29) is 5.41 Å². The predicted octanol–water partition coefficient (Wildman–Crippen LogP) is 5.32. The van der Waals surface area contributed by atoms with Crippen LogP contribution in [0.15, 0.2) is 24.3 Å². The average Bonchev–Trinajstić information content (AvgIpc) is 2.23. The van der Waals surface area contributed by atoms with Crippen molar-refractivity contribution in [2.75, 3.05) is 0 Å². The lowest BCUT2D eigenvalue weighted by atomic mass is 9.61. The van der Waals surface area contributed by atoms with Gasteiger partial charge in [-0.05, 0) is 48.1 Å². The largest absolute Gasteiger partial charge is 0.416 e. The van der Waals surface area contributed by atoms with Crippen LogP contribution in [0.1, 0.15) is 44.7 Å². The van der Waals surface area contributed by atoms with E-state index in [2.05, 4.69) is 20.8 Å². The monoisotopic (exact) mass is 270 g/mol. The predicted molar refractivity (Wildman–Crippen MR) is 70.8 cm³/mol. The Labute approximate surface area is 113 Å². The van der Waals surface area contributed by atoms with Crippen molar-refractivity contribution in [2.45, 2.75) is 46.2 Å². The second kappa shape index (κ2) is 4.84. The molecule has 0 atom stereocenters. The quantitative estimate of drug-likeness (QED) is 0.697. The van der Waals surface area contributed by atoms with E-state index in [0.717, 1.165) is 17.5 Å². The Hall–Kier alpha value is -0.990. The summed E-state index contributed by atoms with van der Waals surface area (Å²) in [5.41, 5.74) is 0.332. The van der Waals surface area contributed by atoms with Crippen molar-refractivity contribution >= 4 is 0 Å². The molecule has 0 N–H and O–H groups in total. The van der Waals surface area contributed by atoms with Gasteiger partial charge in [0.05, 0.1) is 5.56 Å². The molecule has 0 saturated heterocycles. The van der Waals surface area contributed by atoms with Crippen LogP contribution >= 0.6 is 0 Å². The molecule has 0 nitrogen and oxygen atoms in total. The van der Waals surface area contributed by atoms with Crippen molar-refractivity contribution in [1.29, 1.82) is 0 Å². The van der Waals surface area contributed by atoms with Crippen molar-refractivity contribution in [3.63, 3.8) is 0 Å². The SMILES string of the molecule is CC1CC(C(C)(C)Cc2cccc(C(F)(F)F)c2)C1. The molecular formula is C16H21F3. The number of halogens is 3. The van der Waals surface area contributed by atoms with Crippen LogP contribution in [0, 0.1) is 17.3 Å². The van der Waals surface area contributed by atoms with E-state index in [9.17, 15) is 13.2 Å². The zero-order valence-corrected chi connectivity index (χ0v) is 11.7. The van der Waals surface area contributed by atoms with Crippen molar-refractivity contribution in [1.82, 2.24) is 0 Å². The second-order valence-electron chi connectivity index (χ2n) is 6.64. The molecule has 0 bridgehead atoms. The van der Waals surface area contributed by atoms with Gasteiger partial charge in [0.2, 0.25) is 0 Å². The first-order valence-electron chi connectivity index (χ1n) is 6.84. The summed E-state index contributed by atoms with van der Waals surface area (Å²) in [5, 5.41) is 0. The lowest BCUT2D eigenvalue weighted by Crippen LogP contribution is -2.36. The lowest BCUT2D eigenvalue weighted by Gasteiger charge is -2.44. The molecule has 3 heteroatoms. The first-order valence-corrected chi connectivity index (χ1v) is 6.84. The van der Waals surface area contributed by atoms with Gasteiger partial charge in [-0.25, -0.2) is 0 Å². The summed E-state index contributed by atoms with van der Waals surface area (Å²) in [4.78, 5) is 0. The van der Waals surface area contributed by atoms with Gasteiger partial charge in [0.1, 0.15) is 0 Å². The minimum absolute atomic E-state index is 0.0801. The molecule has 0 aliphatic heterocycles. The van der Waals surface area contributed by atoms with E-state index in [0.29, 0.717) is 12.3 Å². The van der Waals surface area contributed by atoms with Gasteiger partial charge in [-0.15, -0.1) is 0 Å². The van der Waals surface area contributed by atoms with Crippen molar-refractivity contribution in [3.8, 4) is 0 Å². The highest BCUT2D eigenvalue weighted by Crippen LogP contribution is 2.47. The van der Waals surface area contributed by atoms with Crippen LogP contribution in [-0.4, -0.2) is 0 Å². The average molecular weight is 270 g/mol. The van der Waals surface area contributed by atoms with E-state index >= 15 is 0 Å². The molecule has 0 amide bonds. The Morgan fingerprint density at radius 1 is 1.16 bits per heavy atom. The van der Waals surface area contributed by atoms with Gasteiger partial charge in [0.15, 0.2) is 0 Å². The van der Waals surface area contributed by atoms with E-state index in [1.54, 1.807) is 6.07 Å². The van der Waals surface area contributed by atoms with Gasteiger partial charge in [-0.2, -0.15) is 13.2 Å². The van der Waals surface area contributed by atoms with Gasteiger partial charge >= 0.3 is 6.18 Å². The van der Waals surface area contributed by atoms with Crippen LogP contribution in [0.4, 0.5) is 13.2 Å². The van der Waals surface area contributed by atoms with Crippen molar-refractivity contribution in [2.24, 2.45) is 17.3 Å². The molecule has 0 spiro atoms. The fourth-order valence-electron chi connectivity index (χ4n) is 3.07. The Bertz CT molecular complexity index is 440. The smallest absolute Gasteiger partial charge is 0.166 e. The zero-order chi connectivity index (χ0) is 14.3. The molecule has 1 saturated carbocycles. The number of hydrogen-bond donors (Lipinski definition) is 0. The van der Waals surface area contributed by atoms with E-state index in [1.807, 2.05) is 0 Å². The molecule has 106 valence electrons. The first-order chi connectivity index (χ1) is 8.68. The highest BCUT2D eigenvalue weighted by molar-refractivity contribution is 5.26. The van der Waals surface area contributed by atoms with Crippen molar-refractivity contribution in [3.05, 3.63) is 35.4 Å². The van der Waals surface area contributed by atoms with Crippen LogP contribution in [0.3, 0.4) is 0 Å². The highest BCUT2D eigenvalue weighted by atomic mass is 19.4. The summed E-state index contributed by atoms with van der Waals surface area (Å²) >= 11 is 0. The number of hydrogen-bond acceptors (Lipinski definition) is 0. The third-order valence-corrected chi connectivity index (χ3v) is 4.39. The minimum atomic E-state index is -4.24. The third-order valence-electron chi connectivity index (χ3n) is 4.39. The Balaban J connectivity index is 2.10. The number of rotatable bonds is 3. The summed E-state index contributed by atoms with van der Waals surface area (Å²) in [5.74, 6) is 1.41. The van der Waals surface area contributed by atoms with Crippen LogP contribution in [0.5, 0.6) is 0 Å². The van der Waals surface area contributed by atoms with Crippen LogP contribution in [0.25, 0.3) is 0 Å². The third kappa shape index (κ3) is 3.31. The van der Waals surface area contributed by atoms with Crippen molar-refractivity contribution < 1.29 is 13.2 Å². The van der Waals surface area contributed by atoms with Gasteiger partial charge in [0, 0.05) is 0 Å². The van der Waals surface area contributed by atoms with Gasteiger partial charge in [-0.1, -0.05) is 39.0 Å². The molecule has 1 fully saturated rings. The fraction of sp³-hybridized carbons (Fsp3) is 0.625. The van der Waals surface area contributed by atoms with E-state index in [1.165, 1.54) is 25.0 Å². The fourth-order valence-corrected chi connectivity index (χ4v) is 3.07. The molecule has 19 heavy (non-hydrogen) atoms. The maximum Gasteiger partial charge on any atom is 0.416 e. The first kappa shape index (κ1) is 14.4. The van der Waals surface area contributed by atoms with E-state index < -0.39 is 11.7 Å². The number of benzene rings is 1. The summed E-state index contributed by atoms with van der Waals surface area (Å²) in [7, 11) is 0. The molecule has 1 aromatic rings.